The Morgan fingerprint density at radius 1 is 1.05 bits per heavy atom. The molecule has 0 spiro atoms. The molecule has 2 unspecified atom stereocenters. The number of nitrogens with one attached hydrogen (secondary N) is 1. The first-order valence-electron chi connectivity index (χ1n) is 12.8. The maximum absolute atomic E-state index is 13.8. The van der Waals surface area contributed by atoms with Crippen LogP contribution < -0.4 is 15.1 Å². The highest BCUT2D eigenvalue weighted by molar-refractivity contribution is 8.00. The average Bonchev–Trinajstić information content (AvgIpc) is 3.43. The van der Waals surface area contributed by atoms with Gasteiger partial charge in [-0.25, -0.2) is 4.90 Å². The minimum Gasteiger partial charge on any atom is -0.325 e. The van der Waals surface area contributed by atoms with Gasteiger partial charge in [0, 0.05) is 41.0 Å². The predicted molar refractivity (Wildman–Crippen MR) is 153 cm³/mol. The first-order valence-corrected chi connectivity index (χ1v) is 14.5. The molecule has 4 heterocycles. The third kappa shape index (κ3) is 5.15. The number of imide groups is 1. The summed E-state index contributed by atoms with van der Waals surface area (Å²) in [7, 11) is 0. The third-order valence-corrected chi connectivity index (χ3v) is 9.79. The molecule has 1 saturated heterocycles. The number of non-ortho nitro benzene ring substituents is 1. The number of carbonyl (C=O) groups is 3. The normalized spacial score (nSPS) is 19.4. The quantitative estimate of drug-likeness (QED) is 0.182. The van der Waals surface area contributed by atoms with Crippen LogP contribution in [0.3, 0.4) is 0 Å². The molecule has 0 aliphatic carbocycles. The van der Waals surface area contributed by atoms with Crippen molar-refractivity contribution in [3.63, 3.8) is 0 Å². The van der Waals surface area contributed by atoms with Crippen LogP contribution in [0.25, 0.3) is 0 Å². The molecule has 3 amide bonds. The van der Waals surface area contributed by atoms with E-state index in [9.17, 15) is 42.5 Å². The maximum atomic E-state index is 13.8. The van der Waals surface area contributed by atoms with Gasteiger partial charge in [0.1, 0.15) is 11.8 Å². The molecule has 2 aliphatic rings. The average molecular weight is 642 g/mol. The summed E-state index contributed by atoms with van der Waals surface area (Å²) in [6.45, 7) is -0.556. The number of hydrogen-bond acceptors (Lipinski definition) is 9. The van der Waals surface area contributed by atoms with Gasteiger partial charge < -0.3 is 5.32 Å². The Hall–Kier alpha value is -4.83. The number of nitro benzene ring substituents is 1. The van der Waals surface area contributed by atoms with E-state index < -0.39 is 62.9 Å². The number of amides is 3. The van der Waals surface area contributed by atoms with Crippen molar-refractivity contribution in [1.82, 2.24) is 9.55 Å². The van der Waals surface area contributed by atoms with Gasteiger partial charge in [-0.3, -0.25) is 38.8 Å². The van der Waals surface area contributed by atoms with Crippen LogP contribution in [0.5, 0.6) is 0 Å². The molecule has 4 aromatic rings. The number of anilines is 2. The Balaban J connectivity index is 1.36. The Bertz CT molecular complexity index is 1880. The van der Waals surface area contributed by atoms with Crippen molar-refractivity contribution in [2.75, 3.05) is 10.2 Å². The summed E-state index contributed by atoms with van der Waals surface area (Å²) in [5.74, 6) is -3.67. The van der Waals surface area contributed by atoms with Crippen LogP contribution >= 0.6 is 23.1 Å². The standard InChI is InChI=1S/C28H18F3N5O6S2/c29-28(30,31)15-4-1-5-16(11-15)33-19(37)13-34-26-23(44-27(34)40)20(14-3-2-10-32-12-14)21-22(43-26)25(39)35(24(21)38)17-6-8-18(9-7-17)36(41)42/h1-12,20-22H,13H2,(H,33,37)/t20-,21?,22?/m1/s1. The highest BCUT2D eigenvalue weighted by Gasteiger charge is 2.57. The summed E-state index contributed by atoms with van der Waals surface area (Å²) in [4.78, 5) is 69.2. The number of alkyl halides is 3. The molecule has 3 atom stereocenters. The number of thioether (sulfide) groups is 1. The number of rotatable bonds is 6. The lowest BCUT2D eigenvalue weighted by Crippen LogP contribution is -2.33. The van der Waals surface area contributed by atoms with Gasteiger partial charge in [-0.1, -0.05) is 35.2 Å². The van der Waals surface area contributed by atoms with Crippen molar-refractivity contribution in [1.29, 1.82) is 0 Å². The van der Waals surface area contributed by atoms with E-state index in [1.54, 1.807) is 12.1 Å². The zero-order valence-corrected chi connectivity index (χ0v) is 23.7. The molecule has 16 heteroatoms. The van der Waals surface area contributed by atoms with Crippen molar-refractivity contribution < 1.29 is 32.5 Å². The molecule has 0 bridgehead atoms. The van der Waals surface area contributed by atoms with Crippen molar-refractivity contribution in [2.45, 2.75) is 28.9 Å². The lowest BCUT2D eigenvalue weighted by Gasteiger charge is -2.30. The van der Waals surface area contributed by atoms with Gasteiger partial charge in [0.05, 0.1) is 27.1 Å². The van der Waals surface area contributed by atoms with Crippen LogP contribution in [0.1, 0.15) is 21.9 Å². The number of halogens is 3. The van der Waals surface area contributed by atoms with Crippen LogP contribution in [0, 0.1) is 16.0 Å². The molecule has 0 saturated carbocycles. The number of fused-ring (bicyclic) bond motifs is 2. The van der Waals surface area contributed by atoms with E-state index in [1.165, 1.54) is 42.7 Å². The topological polar surface area (TPSA) is 145 Å². The molecule has 44 heavy (non-hydrogen) atoms. The summed E-state index contributed by atoms with van der Waals surface area (Å²) < 4.78 is 40.5. The Morgan fingerprint density at radius 2 is 1.80 bits per heavy atom. The van der Waals surface area contributed by atoms with Crippen molar-refractivity contribution in [3.05, 3.63) is 109 Å². The van der Waals surface area contributed by atoms with Crippen LogP contribution in [0.15, 0.2) is 82.9 Å². The number of hydrogen-bond donors (Lipinski definition) is 1. The van der Waals surface area contributed by atoms with E-state index >= 15 is 0 Å². The number of carbonyl (C=O) groups excluding carboxylic acids is 3. The first kappa shape index (κ1) is 29.3. The van der Waals surface area contributed by atoms with E-state index in [1.807, 2.05) is 0 Å². The van der Waals surface area contributed by atoms with Gasteiger partial charge in [0.25, 0.3) is 5.69 Å². The van der Waals surface area contributed by atoms with Crippen LogP contribution in [-0.2, 0) is 27.1 Å². The number of nitro groups is 1. The zero-order valence-electron chi connectivity index (χ0n) is 22.1. The molecule has 0 radical (unpaired) electrons. The minimum absolute atomic E-state index is 0.113. The van der Waals surface area contributed by atoms with Gasteiger partial charge in [-0.05, 0) is 42.0 Å². The highest BCUT2D eigenvalue weighted by atomic mass is 32.2. The maximum Gasteiger partial charge on any atom is 0.416 e. The second kappa shape index (κ2) is 11.0. The smallest absolute Gasteiger partial charge is 0.325 e. The molecule has 2 aliphatic heterocycles. The lowest BCUT2D eigenvalue weighted by atomic mass is 9.84. The highest BCUT2D eigenvalue weighted by Crippen LogP contribution is 2.53. The van der Waals surface area contributed by atoms with E-state index in [4.69, 9.17) is 0 Å². The summed E-state index contributed by atoms with van der Waals surface area (Å²) in [6.07, 6.45) is -1.58. The summed E-state index contributed by atoms with van der Waals surface area (Å²) in [5.41, 5.74) is -0.590. The first-order chi connectivity index (χ1) is 20.9. The second-order valence-electron chi connectivity index (χ2n) is 9.86. The van der Waals surface area contributed by atoms with Gasteiger partial charge in [0.2, 0.25) is 17.7 Å². The number of benzene rings is 2. The van der Waals surface area contributed by atoms with Gasteiger partial charge in [-0.15, -0.1) is 0 Å². The molecular formula is C28H18F3N5O6S2. The summed E-state index contributed by atoms with van der Waals surface area (Å²) in [5, 5.41) is 12.8. The fourth-order valence-corrected chi connectivity index (χ4v) is 8.04. The number of thiazole rings is 1. The van der Waals surface area contributed by atoms with E-state index in [-0.39, 0.29) is 22.1 Å². The lowest BCUT2D eigenvalue weighted by molar-refractivity contribution is -0.384. The Morgan fingerprint density at radius 3 is 2.45 bits per heavy atom. The summed E-state index contributed by atoms with van der Waals surface area (Å²) >= 11 is 1.75. The fourth-order valence-electron chi connectivity index (χ4n) is 5.27. The van der Waals surface area contributed by atoms with Crippen LogP contribution in [-0.4, -0.2) is 37.4 Å². The van der Waals surface area contributed by atoms with Gasteiger partial charge in [0.15, 0.2) is 0 Å². The van der Waals surface area contributed by atoms with Crippen molar-refractivity contribution >= 4 is 57.9 Å². The second-order valence-corrected chi connectivity index (χ2v) is 12.0. The molecule has 11 nitrogen and oxygen atoms in total. The van der Waals surface area contributed by atoms with Gasteiger partial charge >= 0.3 is 11.0 Å². The van der Waals surface area contributed by atoms with Crippen LogP contribution in [0.2, 0.25) is 0 Å². The molecule has 1 N–H and O–H groups in total. The van der Waals surface area contributed by atoms with E-state index in [2.05, 4.69) is 10.3 Å². The molecule has 1 fully saturated rings. The fraction of sp³-hybridized carbons (Fsp3) is 0.179. The largest absolute Gasteiger partial charge is 0.416 e. The molecule has 2 aromatic heterocycles. The molecule has 2 aromatic carbocycles. The van der Waals surface area contributed by atoms with E-state index in [0.717, 1.165) is 50.8 Å². The predicted octanol–water partition coefficient (Wildman–Crippen LogP) is 4.67. The van der Waals surface area contributed by atoms with Gasteiger partial charge in [-0.2, -0.15) is 13.2 Å². The zero-order chi connectivity index (χ0) is 31.3. The van der Waals surface area contributed by atoms with E-state index in [0.29, 0.717) is 10.4 Å². The van der Waals surface area contributed by atoms with Crippen LogP contribution in [0.4, 0.5) is 30.2 Å². The minimum atomic E-state index is -4.62. The number of pyridine rings is 1. The monoisotopic (exact) mass is 641 g/mol. The SMILES string of the molecule is O=C(Cn1c2c(sc1=O)[C@H](c1cccnc1)C1C(=O)N(c3ccc([N+](=O)[O-])cc3)C(=O)C1S2)Nc1cccc(C(F)(F)F)c1. The Kier molecular flexibility index (Phi) is 7.33. The van der Waals surface area contributed by atoms with Crippen molar-refractivity contribution in [3.8, 4) is 0 Å². The number of aromatic nitrogens is 2. The molecular weight excluding hydrogens is 623 g/mol. The summed E-state index contributed by atoms with van der Waals surface area (Å²) in [6, 6.07) is 12.4. The van der Waals surface area contributed by atoms with Crippen molar-refractivity contribution in [2.24, 2.45) is 5.92 Å². The Labute approximate surface area is 253 Å². The number of nitrogens with zero attached hydrogens (tertiary/aromatic N) is 4. The third-order valence-electron chi connectivity index (χ3n) is 7.19. The molecule has 6 rings (SSSR count). The molecule has 224 valence electrons.